The largest absolute Gasteiger partial charge is 0.497 e. The van der Waals surface area contributed by atoms with Gasteiger partial charge in [0.05, 0.1) is 7.11 Å². The van der Waals surface area contributed by atoms with E-state index >= 15 is 0 Å². The van der Waals surface area contributed by atoms with Gasteiger partial charge in [-0.05, 0) is 42.5 Å². The van der Waals surface area contributed by atoms with Crippen LogP contribution in [0.4, 0.5) is 5.69 Å². The molecule has 0 fully saturated rings. The molecule has 0 aliphatic heterocycles. The molecule has 0 atom stereocenters. The van der Waals surface area contributed by atoms with Crippen LogP contribution in [0.25, 0.3) is 22.5 Å². The highest BCUT2D eigenvalue weighted by Gasteiger charge is 2.12. The van der Waals surface area contributed by atoms with Gasteiger partial charge >= 0.3 is 0 Å². The molecule has 4 aromatic rings. The summed E-state index contributed by atoms with van der Waals surface area (Å²) in [7, 11) is 1.61. The molecule has 1 amide bonds. The van der Waals surface area contributed by atoms with Crippen molar-refractivity contribution in [3.05, 3.63) is 54.2 Å². The topological polar surface area (TPSA) is 103 Å². The van der Waals surface area contributed by atoms with Crippen LogP contribution in [0.1, 0.15) is 18.2 Å². The van der Waals surface area contributed by atoms with E-state index in [2.05, 4.69) is 20.4 Å². The number of rotatable bonds is 6. The smallest absolute Gasteiger partial charge is 0.227 e. The molecular weight excluding hydrogens is 360 g/mol. The second-order valence-corrected chi connectivity index (χ2v) is 6.20. The number of methoxy groups -OCH3 is 1. The average molecular weight is 378 g/mol. The maximum Gasteiger partial charge on any atom is 0.227 e. The lowest BCUT2D eigenvalue weighted by molar-refractivity contribution is -0.116. The Balaban J connectivity index is 1.35. The Labute approximate surface area is 160 Å². The van der Waals surface area contributed by atoms with E-state index in [1.807, 2.05) is 24.3 Å². The number of benzene rings is 2. The third-order valence-corrected chi connectivity index (χ3v) is 4.16. The number of aromatic nitrogens is 3. The van der Waals surface area contributed by atoms with E-state index < -0.39 is 0 Å². The maximum atomic E-state index is 12.2. The van der Waals surface area contributed by atoms with Crippen molar-refractivity contribution in [1.82, 2.24) is 15.1 Å². The molecule has 1 N–H and O–H groups in total. The fourth-order valence-corrected chi connectivity index (χ4v) is 2.78. The van der Waals surface area contributed by atoms with Crippen molar-refractivity contribution in [3.63, 3.8) is 0 Å². The van der Waals surface area contributed by atoms with Crippen LogP contribution in [-0.2, 0) is 11.2 Å². The van der Waals surface area contributed by atoms with Crippen molar-refractivity contribution >= 4 is 22.7 Å². The first-order valence-corrected chi connectivity index (χ1v) is 8.75. The average Bonchev–Trinajstić information content (AvgIpc) is 3.32. The van der Waals surface area contributed by atoms with Gasteiger partial charge in [-0.25, -0.2) is 4.98 Å². The number of nitrogens with zero attached hydrogens (tertiary/aromatic N) is 3. The minimum absolute atomic E-state index is 0.149. The molecule has 0 saturated carbocycles. The minimum Gasteiger partial charge on any atom is -0.497 e. The predicted octanol–water partition coefficient (Wildman–Crippen LogP) is 3.77. The zero-order chi connectivity index (χ0) is 19.5. The number of ether oxygens (including phenoxy) is 1. The Hall–Kier alpha value is -3.68. The van der Waals surface area contributed by atoms with E-state index in [0.717, 1.165) is 11.3 Å². The molecule has 142 valence electrons. The Morgan fingerprint density at radius 2 is 1.96 bits per heavy atom. The number of amides is 1. The molecule has 4 rings (SSSR count). The van der Waals surface area contributed by atoms with Crippen LogP contribution in [0.5, 0.6) is 5.75 Å². The second kappa shape index (κ2) is 7.51. The van der Waals surface area contributed by atoms with E-state index in [0.29, 0.717) is 40.8 Å². The number of fused-ring (bicyclic) bond motifs is 1. The third kappa shape index (κ3) is 3.85. The first kappa shape index (κ1) is 17.7. The number of aryl methyl sites for hydroxylation is 2. The molecule has 0 unspecified atom stereocenters. The van der Waals surface area contributed by atoms with Crippen LogP contribution in [0, 0.1) is 6.92 Å². The molecule has 8 nitrogen and oxygen atoms in total. The number of carbonyl (C=O) groups is 1. The molecule has 0 saturated heterocycles. The quantitative estimate of drug-likeness (QED) is 0.545. The van der Waals surface area contributed by atoms with Crippen LogP contribution < -0.4 is 10.1 Å². The van der Waals surface area contributed by atoms with Gasteiger partial charge in [0.25, 0.3) is 0 Å². The van der Waals surface area contributed by atoms with E-state index in [-0.39, 0.29) is 12.3 Å². The lowest BCUT2D eigenvalue weighted by Gasteiger charge is -2.03. The number of anilines is 1. The van der Waals surface area contributed by atoms with Crippen LogP contribution in [0.2, 0.25) is 0 Å². The Morgan fingerprint density at radius 3 is 2.75 bits per heavy atom. The van der Waals surface area contributed by atoms with Gasteiger partial charge in [-0.15, -0.1) is 0 Å². The van der Waals surface area contributed by atoms with Crippen LogP contribution in [0.15, 0.2) is 51.4 Å². The molecule has 0 spiro atoms. The first-order valence-electron chi connectivity index (χ1n) is 8.75. The number of hydrogen-bond donors (Lipinski definition) is 1. The van der Waals surface area contributed by atoms with Crippen LogP contribution in [-0.4, -0.2) is 28.1 Å². The number of oxazole rings is 1. The van der Waals surface area contributed by atoms with Gasteiger partial charge in [0, 0.05) is 31.0 Å². The summed E-state index contributed by atoms with van der Waals surface area (Å²) in [5.41, 5.74) is 2.87. The van der Waals surface area contributed by atoms with Crippen molar-refractivity contribution in [2.24, 2.45) is 0 Å². The van der Waals surface area contributed by atoms with Crippen molar-refractivity contribution in [3.8, 4) is 17.1 Å². The van der Waals surface area contributed by atoms with Crippen molar-refractivity contribution in [2.45, 2.75) is 19.8 Å². The van der Waals surface area contributed by atoms with Crippen molar-refractivity contribution < 1.29 is 18.5 Å². The van der Waals surface area contributed by atoms with E-state index in [1.54, 1.807) is 32.2 Å². The Kier molecular flexibility index (Phi) is 4.76. The molecular formula is C20H18N4O4. The standard InChI is InChI=1S/C20H18N4O4/c1-12-21-16-11-14(5-8-17(16)27-12)22-18(25)9-10-19-23-20(24-28-19)13-3-6-15(26-2)7-4-13/h3-8,11H,9-10H2,1-2H3,(H,22,25). The van der Waals surface area contributed by atoms with Gasteiger partial charge in [0.2, 0.25) is 17.6 Å². The zero-order valence-corrected chi connectivity index (χ0v) is 15.4. The normalized spacial score (nSPS) is 10.9. The van der Waals surface area contributed by atoms with Gasteiger partial charge < -0.3 is 19.0 Å². The van der Waals surface area contributed by atoms with E-state index in [4.69, 9.17) is 13.7 Å². The summed E-state index contributed by atoms with van der Waals surface area (Å²) in [5.74, 6) is 2.07. The molecule has 28 heavy (non-hydrogen) atoms. The SMILES string of the molecule is COc1ccc(-c2noc(CCC(=O)Nc3ccc4oc(C)nc4c3)n2)cc1. The number of carbonyl (C=O) groups excluding carboxylic acids is 1. The maximum absolute atomic E-state index is 12.2. The zero-order valence-electron chi connectivity index (χ0n) is 15.4. The number of hydrogen-bond acceptors (Lipinski definition) is 7. The molecule has 0 radical (unpaired) electrons. The number of nitrogens with one attached hydrogen (secondary N) is 1. The second-order valence-electron chi connectivity index (χ2n) is 6.20. The van der Waals surface area contributed by atoms with E-state index in [1.165, 1.54) is 0 Å². The summed E-state index contributed by atoms with van der Waals surface area (Å²) in [6.45, 7) is 1.78. The summed E-state index contributed by atoms with van der Waals surface area (Å²) in [6.07, 6.45) is 0.570. The summed E-state index contributed by atoms with van der Waals surface area (Å²) < 4.78 is 15.8. The molecule has 0 aliphatic rings. The van der Waals surface area contributed by atoms with Crippen molar-refractivity contribution in [2.75, 3.05) is 12.4 Å². The molecule has 0 bridgehead atoms. The lowest BCUT2D eigenvalue weighted by atomic mass is 10.2. The molecule has 2 heterocycles. The van der Waals surface area contributed by atoms with Gasteiger partial charge in [0.15, 0.2) is 11.5 Å². The van der Waals surface area contributed by atoms with Crippen LogP contribution >= 0.6 is 0 Å². The molecule has 8 heteroatoms. The minimum atomic E-state index is -0.149. The predicted molar refractivity (Wildman–Crippen MR) is 102 cm³/mol. The van der Waals surface area contributed by atoms with Gasteiger partial charge in [0.1, 0.15) is 11.3 Å². The summed E-state index contributed by atoms with van der Waals surface area (Å²) in [4.78, 5) is 20.8. The van der Waals surface area contributed by atoms with E-state index in [9.17, 15) is 4.79 Å². The van der Waals surface area contributed by atoms with Gasteiger partial charge in [-0.3, -0.25) is 4.79 Å². The summed E-state index contributed by atoms with van der Waals surface area (Å²) >= 11 is 0. The van der Waals surface area contributed by atoms with Crippen LogP contribution in [0.3, 0.4) is 0 Å². The fourth-order valence-electron chi connectivity index (χ4n) is 2.78. The Bertz CT molecular complexity index is 1110. The molecule has 2 aromatic heterocycles. The summed E-state index contributed by atoms with van der Waals surface area (Å²) in [6, 6.07) is 12.7. The van der Waals surface area contributed by atoms with Gasteiger partial charge in [-0.1, -0.05) is 5.16 Å². The highest BCUT2D eigenvalue weighted by Crippen LogP contribution is 2.21. The van der Waals surface area contributed by atoms with Crippen molar-refractivity contribution in [1.29, 1.82) is 0 Å². The third-order valence-electron chi connectivity index (χ3n) is 4.16. The fraction of sp³-hybridized carbons (Fsp3) is 0.200. The lowest BCUT2D eigenvalue weighted by Crippen LogP contribution is -2.12. The molecule has 2 aromatic carbocycles. The molecule has 0 aliphatic carbocycles. The summed E-state index contributed by atoms with van der Waals surface area (Å²) in [5, 5.41) is 6.80. The first-order chi connectivity index (χ1) is 13.6. The highest BCUT2D eigenvalue weighted by atomic mass is 16.5. The Morgan fingerprint density at radius 1 is 1.14 bits per heavy atom. The highest BCUT2D eigenvalue weighted by molar-refractivity contribution is 5.92. The monoisotopic (exact) mass is 378 g/mol. The van der Waals surface area contributed by atoms with Gasteiger partial charge in [-0.2, -0.15) is 4.98 Å².